The second-order valence-corrected chi connectivity index (χ2v) is 4.89. The van der Waals surface area contributed by atoms with Crippen LogP contribution in [0.4, 0.5) is 0 Å². The van der Waals surface area contributed by atoms with Crippen molar-refractivity contribution in [3.63, 3.8) is 0 Å². The second-order valence-electron chi connectivity index (χ2n) is 3.71. The molecule has 0 aromatic heterocycles. The first-order valence-corrected chi connectivity index (χ1v) is 6.67. The van der Waals surface area contributed by atoms with Gasteiger partial charge in [-0.2, -0.15) is 0 Å². The van der Waals surface area contributed by atoms with Crippen LogP contribution in [0.3, 0.4) is 0 Å². The SMILES string of the molecule is CCOC(=O)[C@H](O)[C@H](Br)COCc1ccccc1. The fourth-order valence-electron chi connectivity index (χ4n) is 1.33. The Bertz CT molecular complexity index is 355. The van der Waals surface area contributed by atoms with Crippen molar-refractivity contribution in [2.45, 2.75) is 24.5 Å². The molecule has 1 aromatic rings. The molecule has 0 heterocycles. The van der Waals surface area contributed by atoms with Crippen molar-refractivity contribution < 1.29 is 19.4 Å². The standard InChI is InChI=1S/C13H17BrO4/c1-2-18-13(16)12(15)11(14)9-17-8-10-6-4-3-5-7-10/h3-7,11-12,15H,2,8-9H2,1H3/t11-,12-/m1/s1. The number of esters is 1. The van der Waals surface area contributed by atoms with Gasteiger partial charge in [0.05, 0.1) is 24.6 Å². The summed E-state index contributed by atoms with van der Waals surface area (Å²) in [4.78, 5) is 10.8. The lowest BCUT2D eigenvalue weighted by molar-refractivity contribution is -0.153. The predicted molar refractivity (Wildman–Crippen MR) is 71.5 cm³/mol. The van der Waals surface area contributed by atoms with E-state index in [1.54, 1.807) is 6.92 Å². The molecule has 0 radical (unpaired) electrons. The summed E-state index contributed by atoms with van der Waals surface area (Å²) in [7, 11) is 0. The number of carbonyl (C=O) groups excluding carboxylic acids is 1. The van der Waals surface area contributed by atoms with Crippen molar-refractivity contribution in [1.82, 2.24) is 0 Å². The lowest BCUT2D eigenvalue weighted by Gasteiger charge is -2.15. The molecule has 0 bridgehead atoms. The molecule has 0 saturated heterocycles. The Labute approximate surface area is 115 Å². The van der Waals surface area contributed by atoms with Crippen molar-refractivity contribution in [2.24, 2.45) is 0 Å². The third-order valence-corrected chi connectivity index (χ3v) is 3.02. The van der Waals surface area contributed by atoms with E-state index in [0.29, 0.717) is 6.61 Å². The molecule has 18 heavy (non-hydrogen) atoms. The van der Waals surface area contributed by atoms with Crippen molar-refractivity contribution in [3.8, 4) is 0 Å². The van der Waals surface area contributed by atoms with E-state index in [1.807, 2.05) is 30.3 Å². The third-order valence-electron chi connectivity index (χ3n) is 2.26. The fourth-order valence-corrected chi connectivity index (χ4v) is 1.73. The highest BCUT2D eigenvalue weighted by Crippen LogP contribution is 2.10. The Hall–Kier alpha value is -0.910. The van der Waals surface area contributed by atoms with Crippen LogP contribution in [0.25, 0.3) is 0 Å². The predicted octanol–water partition coefficient (Wildman–Crippen LogP) is 1.89. The number of aliphatic hydroxyl groups excluding tert-OH is 1. The first-order valence-electron chi connectivity index (χ1n) is 5.75. The smallest absolute Gasteiger partial charge is 0.336 e. The van der Waals surface area contributed by atoms with Gasteiger partial charge in [-0.25, -0.2) is 4.79 Å². The first-order chi connectivity index (χ1) is 8.65. The molecule has 0 spiro atoms. The zero-order chi connectivity index (χ0) is 13.4. The molecular formula is C13H17BrO4. The molecule has 1 N–H and O–H groups in total. The highest BCUT2D eigenvalue weighted by Gasteiger charge is 2.25. The highest BCUT2D eigenvalue weighted by molar-refractivity contribution is 9.09. The lowest BCUT2D eigenvalue weighted by Crippen LogP contribution is -2.34. The van der Waals surface area contributed by atoms with Crippen LogP contribution in [0.1, 0.15) is 12.5 Å². The number of halogens is 1. The van der Waals surface area contributed by atoms with Crippen LogP contribution in [0.2, 0.25) is 0 Å². The first kappa shape index (κ1) is 15.1. The van der Waals surface area contributed by atoms with E-state index in [2.05, 4.69) is 15.9 Å². The second kappa shape index (κ2) is 8.24. The Kier molecular flexibility index (Phi) is 6.93. The van der Waals surface area contributed by atoms with Gasteiger partial charge in [0.1, 0.15) is 0 Å². The van der Waals surface area contributed by atoms with E-state index in [0.717, 1.165) is 5.56 Å². The normalized spacial score (nSPS) is 13.9. The molecule has 0 fully saturated rings. The summed E-state index contributed by atoms with van der Waals surface area (Å²) in [5.41, 5.74) is 1.04. The average Bonchev–Trinajstić information content (AvgIpc) is 2.39. The van der Waals surface area contributed by atoms with E-state index in [-0.39, 0.29) is 13.2 Å². The van der Waals surface area contributed by atoms with Crippen molar-refractivity contribution >= 4 is 21.9 Å². The number of benzene rings is 1. The number of alkyl halides is 1. The monoisotopic (exact) mass is 316 g/mol. The van der Waals surface area contributed by atoms with Gasteiger partial charge in [0.2, 0.25) is 0 Å². The van der Waals surface area contributed by atoms with Crippen LogP contribution in [0, 0.1) is 0 Å². The summed E-state index contributed by atoms with van der Waals surface area (Å²) < 4.78 is 10.1. The molecule has 0 aliphatic carbocycles. The fraction of sp³-hybridized carbons (Fsp3) is 0.462. The number of ether oxygens (including phenoxy) is 2. The zero-order valence-corrected chi connectivity index (χ0v) is 11.8. The van der Waals surface area contributed by atoms with Crippen molar-refractivity contribution in [2.75, 3.05) is 13.2 Å². The van der Waals surface area contributed by atoms with Gasteiger partial charge in [0.25, 0.3) is 0 Å². The number of carbonyl (C=O) groups is 1. The molecule has 0 unspecified atom stereocenters. The molecule has 1 rings (SSSR count). The van der Waals surface area contributed by atoms with E-state index in [9.17, 15) is 9.90 Å². The summed E-state index contributed by atoms with van der Waals surface area (Å²) >= 11 is 3.21. The maximum absolute atomic E-state index is 11.3. The maximum atomic E-state index is 11.3. The summed E-state index contributed by atoms with van der Waals surface area (Å²) in [6.07, 6.45) is -1.21. The van der Waals surface area contributed by atoms with Crippen LogP contribution in [-0.2, 0) is 20.9 Å². The van der Waals surface area contributed by atoms with Crippen molar-refractivity contribution in [1.29, 1.82) is 0 Å². The van der Waals surface area contributed by atoms with E-state index >= 15 is 0 Å². The Morgan fingerprint density at radius 3 is 2.67 bits per heavy atom. The Morgan fingerprint density at radius 1 is 1.39 bits per heavy atom. The number of rotatable bonds is 7. The molecule has 0 saturated carbocycles. The summed E-state index contributed by atoms with van der Waals surface area (Å²) in [5.74, 6) is -0.636. The van der Waals surface area contributed by atoms with Crippen LogP contribution >= 0.6 is 15.9 Å². The van der Waals surface area contributed by atoms with Crippen LogP contribution in [-0.4, -0.2) is 35.2 Å². The van der Waals surface area contributed by atoms with Gasteiger partial charge in [-0.05, 0) is 12.5 Å². The topological polar surface area (TPSA) is 55.8 Å². The molecule has 0 amide bonds. The van der Waals surface area contributed by atoms with E-state index in [4.69, 9.17) is 9.47 Å². The van der Waals surface area contributed by atoms with E-state index < -0.39 is 16.9 Å². The largest absolute Gasteiger partial charge is 0.464 e. The van der Waals surface area contributed by atoms with E-state index in [1.165, 1.54) is 0 Å². The van der Waals surface area contributed by atoms with Gasteiger partial charge in [-0.15, -0.1) is 0 Å². The van der Waals surface area contributed by atoms with Gasteiger partial charge in [-0.1, -0.05) is 46.3 Å². The molecule has 0 aliphatic rings. The maximum Gasteiger partial charge on any atom is 0.336 e. The third kappa shape index (κ3) is 5.16. The quantitative estimate of drug-likeness (QED) is 0.616. The van der Waals surface area contributed by atoms with Gasteiger partial charge in [-0.3, -0.25) is 0 Å². The molecule has 100 valence electrons. The summed E-state index contributed by atoms with van der Waals surface area (Å²) in [6, 6.07) is 9.69. The number of hydrogen-bond acceptors (Lipinski definition) is 4. The number of hydrogen-bond donors (Lipinski definition) is 1. The molecule has 5 heteroatoms. The highest BCUT2D eigenvalue weighted by atomic mass is 79.9. The minimum Gasteiger partial charge on any atom is -0.464 e. The van der Waals surface area contributed by atoms with Crippen molar-refractivity contribution in [3.05, 3.63) is 35.9 Å². The lowest BCUT2D eigenvalue weighted by atomic mass is 10.2. The molecule has 1 aromatic carbocycles. The Morgan fingerprint density at radius 2 is 2.06 bits per heavy atom. The van der Waals surface area contributed by atoms with Gasteiger partial charge in [0.15, 0.2) is 6.10 Å². The average molecular weight is 317 g/mol. The van der Waals surface area contributed by atoms with Gasteiger partial charge in [0, 0.05) is 0 Å². The van der Waals surface area contributed by atoms with Crippen LogP contribution < -0.4 is 0 Å². The van der Waals surface area contributed by atoms with Gasteiger partial charge < -0.3 is 14.6 Å². The minimum absolute atomic E-state index is 0.231. The van der Waals surface area contributed by atoms with Gasteiger partial charge >= 0.3 is 5.97 Å². The summed E-state index contributed by atoms with van der Waals surface area (Å²) in [6.45, 7) is 2.62. The van der Waals surface area contributed by atoms with Crippen LogP contribution in [0.15, 0.2) is 30.3 Å². The minimum atomic E-state index is -1.21. The zero-order valence-electron chi connectivity index (χ0n) is 10.2. The molecule has 0 aliphatic heterocycles. The van der Waals surface area contributed by atoms with Crippen LogP contribution in [0.5, 0.6) is 0 Å². The Balaban J connectivity index is 2.28. The summed E-state index contributed by atoms with van der Waals surface area (Å²) in [5, 5.41) is 9.61. The molecular weight excluding hydrogens is 300 g/mol. The number of aliphatic hydroxyl groups is 1. The molecule has 4 nitrogen and oxygen atoms in total. The molecule has 2 atom stereocenters.